The van der Waals surface area contributed by atoms with E-state index in [1.165, 1.54) is 12.1 Å². The number of aromatic nitrogens is 4. The first-order valence-corrected chi connectivity index (χ1v) is 11.0. The summed E-state index contributed by atoms with van der Waals surface area (Å²) < 4.78 is 27.6. The van der Waals surface area contributed by atoms with Crippen LogP contribution in [0.5, 0.6) is 0 Å². The van der Waals surface area contributed by atoms with Crippen LogP contribution in [0.25, 0.3) is 0 Å². The number of carbonyl (C=O) groups excluding carboxylic acids is 1. The molecule has 0 unspecified atom stereocenters. The summed E-state index contributed by atoms with van der Waals surface area (Å²) in [6.45, 7) is 3.47. The van der Waals surface area contributed by atoms with E-state index in [0.29, 0.717) is 25.6 Å². The highest BCUT2D eigenvalue weighted by Crippen LogP contribution is 2.39. The number of anilines is 3. The molecule has 3 aromatic rings. The summed E-state index contributed by atoms with van der Waals surface area (Å²) in [5.41, 5.74) is 3.42. The molecule has 0 spiro atoms. The summed E-state index contributed by atoms with van der Waals surface area (Å²) in [6, 6.07) is 6.10. The highest BCUT2D eigenvalue weighted by Gasteiger charge is 2.38. The molecule has 5 rings (SSSR count). The molecule has 1 amide bonds. The average molecular weight is 453 g/mol. The summed E-state index contributed by atoms with van der Waals surface area (Å²) >= 11 is 0. The van der Waals surface area contributed by atoms with Gasteiger partial charge in [0.25, 0.3) is 6.43 Å². The van der Waals surface area contributed by atoms with E-state index in [1.807, 2.05) is 36.0 Å². The molecule has 8 nitrogen and oxygen atoms in total. The summed E-state index contributed by atoms with van der Waals surface area (Å²) in [7, 11) is 1.88. The Morgan fingerprint density at radius 2 is 2.09 bits per heavy atom. The Kier molecular flexibility index (Phi) is 5.43. The van der Waals surface area contributed by atoms with E-state index in [1.54, 1.807) is 16.9 Å². The normalized spacial score (nSPS) is 17.5. The molecule has 0 bridgehead atoms. The van der Waals surface area contributed by atoms with Gasteiger partial charge in [0.2, 0.25) is 11.9 Å². The van der Waals surface area contributed by atoms with Gasteiger partial charge < -0.3 is 15.1 Å². The first-order valence-electron chi connectivity index (χ1n) is 11.0. The van der Waals surface area contributed by atoms with Crippen LogP contribution >= 0.6 is 0 Å². The van der Waals surface area contributed by atoms with Gasteiger partial charge in [0.1, 0.15) is 11.7 Å². The second kappa shape index (κ2) is 8.42. The number of nitrogens with one attached hydrogen (secondary N) is 1. The molecule has 33 heavy (non-hydrogen) atoms. The zero-order chi connectivity index (χ0) is 23.1. The minimum absolute atomic E-state index is 0.00891. The Bertz CT molecular complexity index is 1200. The maximum absolute atomic E-state index is 12.9. The predicted octanol–water partition coefficient (Wildman–Crippen LogP) is 3.39. The Morgan fingerprint density at radius 1 is 1.24 bits per heavy atom. The molecule has 172 valence electrons. The maximum Gasteiger partial charge on any atom is 0.263 e. The molecular weight excluding hydrogens is 428 g/mol. The second-order valence-corrected chi connectivity index (χ2v) is 8.49. The van der Waals surface area contributed by atoms with Crippen LogP contribution in [-0.4, -0.2) is 45.3 Å². The monoisotopic (exact) mass is 453 g/mol. The van der Waals surface area contributed by atoms with Crippen molar-refractivity contribution in [3.8, 4) is 0 Å². The van der Waals surface area contributed by atoms with Gasteiger partial charge in [0.15, 0.2) is 5.82 Å². The summed E-state index contributed by atoms with van der Waals surface area (Å²) in [6.07, 6.45) is 2.81. The first-order chi connectivity index (χ1) is 15.9. The largest absolute Gasteiger partial charge is 0.350 e. The summed E-state index contributed by atoms with van der Waals surface area (Å²) in [4.78, 5) is 25.8. The third-order valence-electron chi connectivity index (χ3n) is 6.23. The number of amides is 1. The lowest BCUT2D eigenvalue weighted by Gasteiger charge is -2.41. The van der Waals surface area contributed by atoms with Gasteiger partial charge >= 0.3 is 0 Å². The lowest BCUT2D eigenvalue weighted by atomic mass is 10.0. The summed E-state index contributed by atoms with van der Waals surface area (Å²) in [5, 5.41) is 7.62. The molecule has 1 atom stereocenters. The van der Waals surface area contributed by atoms with Crippen LogP contribution < -0.4 is 15.1 Å². The van der Waals surface area contributed by atoms with E-state index in [4.69, 9.17) is 4.98 Å². The first kappa shape index (κ1) is 21.3. The van der Waals surface area contributed by atoms with Gasteiger partial charge in [-0.15, -0.1) is 0 Å². The van der Waals surface area contributed by atoms with Crippen molar-refractivity contribution in [2.45, 2.75) is 45.3 Å². The molecule has 4 heterocycles. The summed E-state index contributed by atoms with van der Waals surface area (Å²) in [5.74, 6) is 1.36. The number of likely N-dealkylation sites (N-methyl/N-ethyl adjacent to an activating group) is 1. The number of nitrogens with zero attached hydrogens (tertiary/aromatic N) is 6. The van der Waals surface area contributed by atoms with Crippen molar-refractivity contribution in [3.05, 3.63) is 59.0 Å². The molecule has 2 aliphatic heterocycles. The van der Waals surface area contributed by atoms with Crippen LogP contribution in [-0.2, 0) is 24.3 Å². The molecule has 1 N–H and O–H groups in total. The van der Waals surface area contributed by atoms with Crippen LogP contribution in [0.4, 0.5) is 26.2 Å². The number of alkyl halides is 2. The Hall–Kier alpha value is -3.56. The molecule has 1 aromatic carbocycles. The topological polar surface area (TPSA) is 79.2 Å². The van der Waals surface area contributed by atoms with Crippen molar-refractivity contribution < 1.29 is 13.6 Å². The molecule has 10 heteroatoms. The van der Waals surface area contributed by atoms with Crippen molar-refractivity contribution in [1.29, 1.82) is 0 Å². The van der Waals surface area contributed by atoms with Crippen LogP contribution in [0, 0.1) is 0 Å². The predicted molar refractivity (Wildman–Crippen MR) is 121 cm³/mol. The molecule has 0 fully saturated rings. The average Bonchev–Trinajstić information content (AvgIpc) is 3.26. The van der Waals surface area contributed by atoms with Gasteiger partial charge in [0.05, 0.1) is 18.4 Å². The van der Waals surface area contributed by atoms with Crippen LogP contribution in [0.1, 0.15) is 42.2 Å². The van der Waals surface area contributed by atoms with Crippen LogP contribution in [0.3, 0.4) is 0 Å². The van der Waals surface area contributed by atoms with Gasteiger partial charge in [0, 0.05) is 37.5 Å². The molecule has 0 aliphatic carbocycles. The van der Waals surface area contributed by atoms with E-state index in [0.717, 1.165) is 41.2 Å². The number of halogens is 2. The molecule has 2 aliphatic rings. The Morgan fingerprint density at radius 3 is 2.91 bits per heavy atom. The molecule has 0 saturated carbocycles. The Labute approximate surface area is 190 Å². The third-order valence-corrected chi connectivity index (χ3v) is 6.23. The highest BCUT2D eigenvalue weighted by atomic mass is 19.3. The fourth-order valence-corrected chi connectivity index (χ4v) is 4.35. The SMILES string of the molecule is C[C@H]1C(=O)N2CCCc3nc(NCc4cnn(Cc5cccc(C(F)F)c5)c4)nc(c32)N1C. The number of hydrogen-bond donors (Lipinski definition) is 1. The fraction of sp³-hybridized carbons (Fsp3) is 0.391. The number of aryl methyl sites for hydroxylation is 1. The van der Waals surface area contributed by atoms with E-state index >= 15 is 0 Å². The zero-order valence-corrected chi connectivity index (χ0v) is 18.5. The van der Waals surface area contributed by atoms with Crippen molar-refractivity contribution in [2.24, 2.45) is 0 Å². The quantitative estimate of drug-likeness (QED) is 0.617. The highest BCUT2D eigenvalue weighted by molar-refractivity contribution is 6.05. The minimum Gasteiger partial charge on any atom is -0.350 e. The molecule has 0 saturated heterocycles. The van der Waals surface area contributed by atoms with Gasteiger partial charge in [-0.1, -0.05) is 18.2 Å². The second-order valence-electron chi connectivity index (χ2n) is 8.49. The molecular formula is C23H25F2N7O. The lowest BCUT2D eigenvalue weighted by Crippen LogP contribution is -2.53. The number of benzene rings is 1. The standard InChI is InChI=1S/C23H25F2N7O/c1-14-22(33)32-8-4-7-18-19(32)21(30(14)2)29-23(28-18)26-10-16-11-27-31(13-16)12-15-5-3-6-17(9-15)20(24)25/h3,5-6,9,11,13-14,20H,4,7-8,10,12H2,1-2H3,(H,26,28,29)/t14-/m0/s1. The van der Waals surface area contributed by atoms with Crippen molar-refractivity contribution in [3.63, 3.8) is 0 Å². The number of carbonyl (C=O) groups is 1. The van der Waals surface area contributed by atoms with Gasteiger partial charge in [-0.3, -0.25) is 9.48 Å². The van der Waals surface area contributed by atoms with E-state index in [-0.39, 0.29) is 17.5 Å². The Balaban J connectivity index is 1.31. The van der Waals surface area contributed by atoms with Crippen LogP contribution in [0.2, 0.25) is 0 Å². The van der Waals surface area contributed by atoms with E-state index in [9.17, 15) is 13.6 Å². The van der Waals surface area contributed by atoms with E-state index in [2.05, 4.69) is 15.4 Å². The van der Waals surface area contributed by atoms with Gasteiger partial charge in [-0.05, 0) is 31.4 Å². The van der Waals surface area contributed by atoms with Gasteiger partial charge in [-0.2, -0.15) is 10.1 Å². The lowest BCUT2D eigenvalue weighted by molar-refractivity contribution is -0.119. The minimum atomic E-state index is -2.49. The molecule has 2 aromatic heterocycles. The number of hydrogen-bond acceptors (Lipinski definition) is 6. The van der Waals surface area contributed by atoms with Gasteiger partial charge in [-0.25, -0.2) is 13.8 Å². The fourth-order valence-electron chi connectivity index (χ4n) is 4.35. The van der Waals surface area contributed by atoms with Crippen molar-refractivity contribution >= 4 is 23.4 Å². The number of rotatable bonds is 6. The van der Waals surface area contributed by atoms with E-state index < -0.39 is 6.43 Å². The maximum atomic E-state index is 12.9. The zero-order valence-electron chi connectivity index (χ0n) is 18.5. The van der Waals surface area contributed by atoms with Crippen LogP contribution in [0.15, 0.2) is 36.7 Å². The third kappa shape index (κ3) is 4.01. The smallest absolute Gasteiger partial charge is 0.263 e. The van der Waals surface area contributed by atoms with Crippen molar-refractivity contribution in [2.75, 3.05) is 28.7 Å². The van der Waals surface area contributed by atoms with Crippen molar-refractivity contribution in [1.82, 2.24) is 19.7 Å². The molecule has 0 radical (unpaired) electrons.